The Labute approximate surface area is 162 Å². The molecule has 0 N–H and O–H groups in total. The molecule has 0 fully saturated rings. The number of hydrogen-bond acceptors (Lipinski definition) is 6. The highest BCUT2D eigenvalue weighted by molar-refractivity contribution is 7.86. The maximum Gasteiger partial charge on any atom is 0.280 e. The lowest BCUT2D eigenvalue weighted by molar-refractivity contribution is -0.124. The molecular formula is C19H18FN3O4S. The van der Waals surface area contributed by atoms with E-state index < -0.39 is 28.1 Å². The zero-order chi connectivity index (χ0) is 20.1. The second-order valence-electron chi connectivity index (χ2n) is 6.69. The minimum atomic E-state index is -3.97. The summed E-state index contributed by atoms with van der Waals surface area (Å²) < 4.78 is 43.0. The van der Waals surface area contributed by atoms with E-state index in [0.29, 0.717) is 24.3 Å². The summed E-state index contributed by atoms with van der Waals surface area (Å²) in [6.45, 7) is 0.895. The number of hydrogen-bond donors (Lipinski definition) is 0. The van der Waals surface area contributed by atoms with E-state index in [4.69, 9.17) is 4.18 Å². The van der Waals surface area contributed by atoms with Gasteiger partial charge in [0.25, 0.3) is 16.0 Å². The van der Waals surface area contributed by atoms with E-state index in [2.05, 4.69) is 4.99 Å². The van der Waals surface area contributed by atoms with E-state index >= 15 is 0 Å². The van der Waals surface area contributed by atoms with Crippen molar-refractivity contribution in [3.8, 4) is 0 Å². The molecule has 0 radical (unpaired) electrons. The highest BCUT2D eigenvalue weighted by Crippen LogP contribution is 2.39. The molecule has 1 unspecified atom stereocenters. The molecule has 0 spiro atoms. The summed E-state index contributed by atoms with van der Waals surface area (Å²) in [6.07, 6.45) is -0.764. The van der Waals surface area contributed by atoms with Crippen molar-refractivity contribution in [1.82, 2.24) is 0 Å². The number of rotatable bonds is 3. The lowest BCUT2D eigenvalue weighted by Gasteiger charge is -2.36. The highest BCUT2D eigenvalue weighted by Gasteiger charge is 2.38. The Morgan fingerprint density at radius 2 is 1.82 bits per heavy atom. The Morgan fingerprint density at radius 3 is 2.54 bits per heavy atom. The number of carbonyl (C=O) groups is 1. The molecule has 0 bridgehead atoms. The van der Waals surface area contributed by atoms with Crippen molar-refractivity contribution < 1.29 is 21.8 Å². The first-order valence-corrected chi connectivity index (χ1v) is 10.4. The van der Waals surface area contributed by atoms with Gasteiger partial charge in [-0.1, -0.05) is 24.3 Å². The number of amides is 1. The van der Waals surface area contributed by atoms with Crippen LogP contribution in [0.3, 0.4) is 0 Å². The van der Waals surface area contributed by atoms with Crippen molar-refractivity contribution >= 4 is 33.1 Å². The molecule has 0 aliphatic carbocycles. The fourth-order valence-electron chi connectivity index (χ4n) is 3.49. The van der Waals surface area contributed by atoms with Crippen LogP contribution >= 0.6 is 0 Å². The van der Waals surface area contributed by atoms with Gasteiger partial charge in [-0.2, -0.15) is 8.42 Å². The van der Waals surface area contributed by atoms with Gasteiger partial charge in [-0.25, -0.2) is 13.6 Å². The fourth-order valence-corrected chi connectivity index (χ4v) is 3.94. The lowest BCUT2D eigenvalue weighted by atomic mass is 9.97. The molecule has 1 atom stereocenters. The minimum Gasteiger partial charge on any atom is -0.371 e. The number of aliphatic imine (C=N–C) groups is 1. The molecular weight excluding hydrogens is 385 g/mol. The van der Waals surface area contributed by atoms with E-state index in [-0.39, 0.29) is 11.3 Å². The summed E-state index contributed by atoms with van der Waals surface area (Å²) >= 11 is 0. The number of anilines is 2. The Morgan fingerprint density at radius 1 is 1.11 bits per heavy atom. The van der Waals surface area contributed by atoms with Crippen molar-refractivity contribution in [3.63, 3.8) is 0 Å². The minimum absolute atomic E-state index is 0.167. The number of halogens is 1. The van der Waals surface area contributed by atoms with Crippen molar-refractivity contribution in [2.24, 2.45) is 4.99 Å². The Balaban J connectivity index is 2.00. The topological polar surface area (TPSA) is 79.3 Å². The number of likely N-dealkylation sites (N-methyl/N-ethyl adjacent to an activating group) is 1. The van der Waals surface area contributed by atoms with E-state index in [1.165, 1.54) is 17.0 Å². The molecule has 2 aliphatic heterocycles. The Bertz CT molecular complexity index is 1100. The van der Waals surface area contributed by atoms with Gasteiger partial charge < -0.3 is 9.80 Å². The van der Waals surface area contributed by atoms with Crippen molar-refractivity contribution in [2.75, 3.05) is 36.2 Å². The molecule has 0 saturated carbocycles. The number of para-hydroxylation sites is 1. The highest BCUT2D eigenvalue weighted by atomic mass is 32.2. The van der Waals surface area contributed by atoms with Gasteiger partial charge in [0.1, 0.15) is 5.82 Å². The van der Waals surface area contributed by atoms with Gasteiger partial charge in [-0.3, -0.25) is 4.79 Å². The van der Waals surface area contributed by atoms with E-state index in [0.717, 1.165) is 11.9 Å². The summed E-state index contributed by atoms with van der Waals surface area (Å²) in [5, 5.41) is 0. The van der Waals surface area contributed by atoms with Gasteiger partial charge in [0.15, 0.2) is 0 Å². The molecule has 28 heavy (non-hydrogen) atoms. The van der Waals surface area contributed by atoms with Crippen LogP contribution in [0.25, 0.3) is 0 Å². The molecule has 1 amide bonds. The van der Waals surface area contributed by atoms with Gasteiger partial charge in [-0.05, 0) is 18.2 Å². The molecule has 0 saturated heterocycles. The Hall–Kier alpha value is -2.78. The number of carbonyl (C=O) groups excluding carboxylic acids is 1. The molecule has 0 aromatic heterocycles. The second-order valence-corrected chi connectivity index (χ2v) is 8.30. The predicted octanol–water partition coefficient (Wildman–Crippen LogP) is 1.76. The zero-order valence-electron chi connectivity index (χ0n) is 15.3. The first kappa shape index (κ1) is 18.6. The molecule has 146 valence electrons. The van der Waals surface area contributed by atoms with Gasteiger partial charge in [-0.15, -0.1) is 0 Å². The third kappa shape index (κ3) is 3.16. The summed E-state index contributed by atoms with van der Waals surface area (Å²) in [4.78, 5) is 20.8. The number of benzene rings is 2. The van der Waals surface area contributed by atoms with Crippen molar-refractivity contribution in [1.29, 1.82) is 0 Å². The first-order valence-electron chi connectivity index (χ1n) is 8.63. The summed E-state index contributed by atoms with van der Waals surface area (Å²) in [7, 11) is -2.07. The van der Waals surface area contributed by atoms with Crippen LogP contribution < -0.4 is 9.80 Å². The zero-order valence-corrected chi connectivity index (χ0v) is 16.1. The molecule has 9 heteroatoms. The van der Waals surface area contributed by atoms with Crippen LogP contribution in [-0.4, -0.2) is 52.7 Å². The van der Waals surface area contributed by atoms with Crippen molar-refractivity contribution in [3.05, 3.63) is 59.4 Å². The van der Waals surface area contributed by atoms with Crippen LogP contribution in [0.2, 0.25) is 0 Å². The van der Waals surface area contributed by atoms with E-state index in [9.17, 15) is 17.6 Å². The molecule has 2 heterocycles. The van der Waals surface area contributed by atoms with Crippen LogP contribution in [0.5, 0.6) is 0 Å². The Kier molecular flexibility index (Phi) is 4.43. The largest absolute Gasteiger partial charge is 0.371 e. The number of nitrogens with zero attached hydrogens (tertiary/aromatic N) is 3. The summed E-state index contributed by atoms with van der Waals surface area (Å²) in [5.41, 5.74) is 2.24. The van der Waals surface area contributed by atoms with Crippen LogP contribution in [0.4, 0.5) is 15.8 Å². The molecule has 2 aliphatic rings. The first-order chi connectivity index (χ1) is 13.3. The standard InChI is InChI=1S/C19H18FN3O4S/c1-22-10-11-23-17-13(7-5-9-15(17)22)16(12-6-3-4-8-14(12)20)21-18(19(23)24)27-28(2,25)26/h3-9,18H,10-11H2,1-2H3. The van der Waals surface area contributed by atoms with Crippen LogP contribution in [0.15, 0.2) is 47.5 Å². The third-order valence-corrected chi connectivity index (χ3v) is 5.26. The monoisotopic (exact) mass is 403 g/mol. The average molecular weight is 403 g/mol. The van der Waals surface area contributed by atoms with E-state index in [1.54, 1.807) is 24.3 Å². The summed E-state index contributed by atoms with van der Waals surface area (Å²) in [5.74, 6) is -1.12. The molecule has 7 nitrogen and oxygen atoms in total. The van der Waals surface area contributed by atoms with Gasteiger partial charge >= 0.3 is 0 Å². The maximum absolute atomic E-state index is 14.6. The van der Waals surface area contributed by atoms with Gasteiger partial charge in [0, 0.05) is 31.3 Å². The lowest BCUT2D eigenvalue weighted by Crippen LogP contribution is -2.47. The average Bonchev–Trinajstić information content (AvgIpc) is 2.75. The van der Waals surface area contributed by atoms with Crippen LogP contribution in [0.1, 0.15) is 11.1 Å². The maximum atomic E-state index is 14.6. The predicted molar refractivity (Wildman–Crippen MR) is 104 cm³/mol. The van der Waals surface area contributed by atoms with Gasteiger partial charge in [0.05, 0.1) is 23.3 Å². The fraction of sp³-hybridized carbons (Fsp3) is 0.263. The quantitative estimate of drug-likeness (QED) is 0.730. The third-order valence-electron chi connectivity index (χ3n) is 4.73. The smallest absolute Gasteiger partial charge is 0.280 e. The second kappa shape index (κ2) is 6.68. The SMILES string of the molecule is CN1CCN2C(=O)C(OS(C)(=O)=O)N=C(c3ccccc3F)c3cccc1c32. The normalized spacial score (nSPS) is 19.2. The molecule has 2 aromatic carbocycles. The van der Waals surface area contributed by atoms with Crippen LogP contribution in [0, 0.1) is 5.82 Å². The van der Waals surface area contributed by atoms with Crippen molar-refractivity contribution in [2.45, 2.75) is 6.23 Å². The van der Waals surface area contributed by atoms with Crippen LogP contribution in [-0.2, 0) is 19.1 Å². The summed E-state index contributed by atoms with van der Waals surface area (Å²) in [6, 6.07) is 11.4. The van der Waals surface area contributed by atoms with E-state index in [1.807, 2.05) is 18.0 Å². The van der Waals surface area contributed by atoms with Gasteiger partial charge in [0.2, 0.25) is 6.23 Å². The molecule has 2 aromatic rings. The molecule has 4 rings (SSSR count).